The number of nitrogens with one attached hydrogen (secondary N) is 4. The van der Waals surface area contributed by atoms with E-state index in [1.807, 2.05) is 52.1 Å². The zero-order valence-electron chi connectivity index (χ0n) is 62.0. The summed E-state index contributed by atoms with van der Waals surface area (Å²) in [6.45, 7) is 13.3. The molecule has 30 heteroatoms. The Kier molecular flexibility index (Phi) is 28.5. The predicted molar refractivity (Wildman–Crippen MR) is 417 cm³/mol. The van der Waals surface area contributed by atoms with E-state index >= 15 is 0 Å². The molecule has 4 heterocycles. The number of thiazole rings is 1. The number of nitrogens with zero attached hydrogens (tertiary/aromatic N) is 6. The number of likely N-dealkylation sites (N-methyl/N-ethyl adjacent to an activating group) is 1. The number of hydrogen-bond acceptors (Lipinski definition) is 20. The van der Waals surface area contributed by atoms with Gasteiger partial charge in [-0.1, -0.05) is 92.7 Å². The first kappa shape index (κ1) is 82.5. The Morgan fingerprint density at radius 1 is 0.761 bits per heavy atom. The van der Waals surface area contributed by atoms with Gasteiger partial charge in [0.2, 0.25) is 23.5 Å². The van der Waals surface area contributed by atoms with Gasteiger partial charge in [-0.3, -0.25) is 33.8 Å². The van der Waals surface area contributed by atoms with E-state index in [2.05, 4.69) is 56.6 Å². The van der Waals surface area contributed by atoms with Gasteiger partial charge in [0.15, 0.2) is 0 Å². The number of alkyl halides is 3. The van der Waals surface area contributed by atoms with E-state index < -0.39 is 64.9 Å². The first-order valence-electron chi connectivity index (χ1n) is 37.4. The van der Waals surface area contributed by atoms with Crippen LogP contribution < -0.4 is 30.3 Å². The molecule has 0 spiro atoms. The number of hydrogen-bond donors (Lipinski definition) is 4. The van der Waals surface area contributed by atoms with E-state index in [0.29, 0.717) is 92.6 Å². The first-order chi connectivity index (χ1) is 52.2. The summed E-state index contributed by atoms with van der Waals surface area (Å²) >= 11 is 8.97. The molecule has 11 rings (SSSR count). The van der Waals surface area contributed by atoms with Gasteiger partial charge >= 0.3 is 5.51 Å². The number of carbonyl (C=O) groups excluding carboxylic acids is 5. The molecule has 1 aromatic heterocycles. The van der Waals surface area contributed by atoms with Gasteiger partial charge in [-0.2, -0.15) is 13.2 Å². The van der Waals surface area contributed by atoms with Crippen LogP contribution in [0.5, 0.6) is 5.75 Å². The topological polar surface area (TPSA) is 259 Å². The van der Waals surface area contributed by atoms with Crippen LogP contribution in [-0.2, 0) is 43.7 Å². The zero-order valence-corrected chi connectivity index (χ0v) is 66.1. The molecule has 4 N–H and O–H groups in total. The van der Waals surface area contributed by atoms with E-state index in [4.69, 9.17) is 30.8 Å². The number of carbonyl (C=O) groups is 5. The summed E-state index contributed by atoms with van der Waals surface area (Å²) < 4.78 is 118. The minimum Gasteiger partial charge on any atom is -0.491 e. The number of sulfonamides is 1. The van der Waals surface area contributed by atoms with Crippen LogP contribution in [0.2, 0.25) is 5.02 Å². The van der Waals surface area contributed by atoms with E-state index in [0.717, 1.165) is 100 Å². The summed E-state index contributed by atoms with van der Waals surface area (Å²) in [4.78, 5) is 81.7. The highest BCUT2D eigenvalue weighted by Gasteiger charge is 2.49. The van der Waals surface area contributed by atoms with Crippen molar-refractivity contribution in [3.63, 3.8) is 0 Å². The Bertz CT molecular complexity index is 4380. The Morgan fingerprint density at radius 2 is 1.47 bits per heavy atom. The quantitative estimate of drug-likeness (QED) is 0.0170. The highest BCUT2D eigenvalue weighted by atomic mass is 35.5. The van der Waals surface area contributed by atoms with Crippen LogP contribution in [0, 0.1) is 11.3 Å². The van der Waals surface area contributed by atoms with Crippen molar-refractivity contribution >= 4 is 101 Å². The van der Waals surface area contributed by atoms with E-state index in [-0.39, 0.29) is 90.9 Å². The fourth-order valence-electron chi connectivity index (χ4n) is 14.7. The van der Waals surface area contributed by atoms with Crippen LogP contribution in [-0.4, -0.2) is 212 Å². The monoisotopic (exact) mass is 1600 g/mol. The number of allylic oxidation sites excluding steroid dienone is 1. The van der Waals surface area contributed by atoms with Gasteiger partial charge in [-0.15, -0.1) is 23.1 Å². The molecule has 6 aromatic rings. The molecular weight excluding hydrogens is 1500 g/mol. The normalized spacial score (nSPS) is 18.6. The lowest BCUT2D eigenvalue weighted by Gasteiger charge is -2.39. The summed E-state index contributed by atoms with van der Waals surface area (Å²) in [7, 11) is -9.41. The third kappa shape index (κ3) is 22.0. The molecule has 22 nitrogen and oxygen atoms in total. The zero-order chi connectivity index (χ0) is 77.5. The highest BCUT2D eigenvalue weighted by Crippen LogP contribution is 2.44. The molecule has 4 atom stereocenters. The van der Waals surface area contributed by atoms with Gasteiger partial charge in [-0.05, 0) is 167 Å². The fraction of sp³-hybridized carbons (Fsp3) is 0.494. The van der Waals surface area contributed by atoms with Crippen molar-refractivity contribution in [1.82, 2.24) is 39.9 Å². The van der Waals surface area contributed by atoms with Crippen molar-refractivity contribution in [2.24, 2.45) is 11.3 Å². The summed E-state index contributed by atoms with van der Waals surface area (Å²) in [6, 6.07) is 30.7. The van der Waals surface area contributed by atoms with Crippen molar-refractivity contribution < 1.29 is 68.2 Å². The maximum atomic E-state index is 14.6. The number of piperazine rings is 2. The van der Waals surface area contributed by atoms with Crippen LogP contribution in [0.3, 0.4) is 0 Å². The Balaban J connectivity index is 0.618. The number of anilines is 2. The average molecular weight is 1600 g/mol. The molecule has 2 aliphatic carbocycles. The Morgan fingerprint density at radius 3 is 2.18 bits per heavy atom. The van der Waals surface area contributed by atoms with E-state index in [9.17, 15) is 54.0 Å². The molecule has 5 aliphatic rings. The second kappa shape index (κ2) is 37.7. The molecule has 109 heavy (non-hydrogen) atoms. The molecule has 4 fully saturated rings. The molecular formula is C79H98ClF3N10O12S4. The lowest BCUT2D eigenvalue weighted by Crippen LogP contribution is -2.55. The summed E-state index contributed by atoms with van der Waals surface area (Å²) in [5, 5.41) is 12.1. The van der Waals surface area contributed by atoms with Crippen molar-refractivity contribution in [3.05, 3.63) is 165 Å². The van der Waals surface area contributed by atoms with Crippen LogP contribution >= 0.6 is 34.7 Å². The van der Waals surface area contributed by atoms with Gasteiger partial charge in [0.25, 0.3) is 25.8 Å². The number of halogens is 4. The van der Waals surface area contributed by atoms with E-state index in [1.165, 1.54) is 51.9 Å². The number of sulfone groups is 1. The second-order valence-electron chi connectivity index (χ2n) is 29.3. The minimum atomic E-state index is -6.18. The first-order valence-corrected chi connectivity index (χ1v) is 42.6. The van der Waals surface area contributed by atoms with Gasteiger partial charge in [-0.25, -0.2) is 26.5 Å². The van der Waals surface area contributed by atoms with Gasteiger partial charge in [0.1, 0.15) is 40.6 Å². The number of ether oxygens (including phenoxy) is 3. The van der Waals surface area contributed by atoms with Gasteiger partial charge < -0.3 is 44.9 Å². The number of aromatic nitrogens is 1. The Labute approximate surface area is 650 Å². The molecule has 3 saturated heterocycles. The summed E-state index contributed by atoms with van der Waals surface area (Å²) in [5.41, 5.74) is -0.680. The third-order valence-corrected chi connectivity index (χ3v) is 26.3. The molecule has 1 saturated carbocycles. The number of thioether (sulfide) groups is 1. The largest absolute Gasteiger partial charge is 0.501 e. The van der Waals surface area contributed by atoms with Crippen molar-refractivity contribution in [2.75, 3.05) is 128 Å². The SMILES string of the molecule is CN[C@@H](C)C(=O)N[C@@H](C(=O)N1CCC[C@H]1c1nc(C(=O)c2cccc(OCCOCCOCC(=O)N3CCN(CC[C@H](CSc4ccccc4)Nc4ccc(S(=O)(=O)NC(=O)c5ccc(N6CCN(CC7=C(c8ccc(Cl)cc8)CCC(C)(C)C7)CC6)cc5)cc4S(=O)(=O)C(F)(F)F)CC3)c2)cs1)C1CCCCC1. The molecule has 0 radical (unpaired) electrons. The standard InChI is InChI=1S/C79H98ClF3N10O12S4/c1-54(84-4)74(96)87-72(56-13-7-5-8-14-56)77(98)93-33-12-19-69(93)76-86-68(53-107-76)73(95)58-15-11-16-63(47-58)105-46-45-103-43-44-104-51-71(94)92-41-35-89(36-42-92)34-31-61(52-106-64-17-9-6-10-18-64)85-67-29-28-65(48-70(67)108(99,100)79(81,82)83)109(101,102)88-75(97)57-22-26-62(27-23-57)91-39-37-90(38-40-91)50-59-49-78(2,3)32-30-66(59)55-20-24-60(80)25-21-55/h6,9-11,15-18,20-29,47-48,53-54,56,61,69,72,84-85H,5,7-8,12-14,19,30-46,49-52H2,1-4H3,(H,87,96)(H,88,97)/t54-,61+,69-,72+/m0/s1. The maximum Gasteiger partial charge on any atom is 0.501 e. The molecule has 5 aromatic carbocycles. The lowest BCUT2D eigenvalue weighted by atomic mass is 9.73. The van der Waals surface area contributed by atoms with Crippen molar-refractivity contribution in [2.45, 2.75) is 136 Å². The third-order valence-electron chi connectivity index (χ3n) is 21.1. The highest BCUT2D eigenvalue weighted by molar-refractivity contribution is 7.99. The van der Waals surface area contributed by atoms with Crippen LogP contribution in [0.4, 0.5) is 24.5 Å². The average Bonchev–Trinajstić information content (AvgIpc) is 1.62. The molecule has 0 unspecified atom stereocenters. The van der Waals surface area contributed by atoms with Crippen LogP contribution in [0.25, 0.3) is 5.57 Å². The van der Waals surface area contributed by atoms with Crippen LogP contribution in [0.1, 0.15) is 134 Å². The second-order valence-corrected chi connectivity index (χ2v) is 35.3. The molecule has 0 bridgehead atoms. The number of rotatable bonds is 33. The number of benzene rings is 5. The Hall–Kier alpha value is -7.45. The summed E-state index contributed by atoms with van der Waals surface area (Å²) in [6.07, 6.45) is 9.77. The molecule has 3 aliphatic heterocycles. The smallest absolute Gasteiger partial charge is 0.491 e. The molecule has 588 valence electrons. The maximum absolute atomic E-state index is 14.6. The van der Waals surface area contributed by atoms with Crippen molar-refractivity contribution in [1.29, 1.82) is 0 Å². The number of amides is 4. The number of likely N-dealkylation sites (tertiary alicyclic amines) is 1. The fourth-order valence-corrected chi connectivity index (χ4v) is 18.8. The van der Waals surface area contributed by atoms with E-state index in [1.54, 1.807) is 60.6 Å². The minimum absolute atomic E-state index is 0.0394. The van der Waals surface area contributed by atoms with Gasteiger partial charge in [0.05, 0.1) is 42.5 Å². The predicted octanol–water partition coefficient (Wildman–Crippen LogP) is 11.8. The number of ketones is 1. The van der Waals surface area contributed by atoms with Crippen molar-refractivity contribution in [3.8, 4) is 5.75 Å². The summed E-state index contributed by atoms with van der Waals surface area (Å²) in [5.74, 6) is -1.12. The molecule has 4 amide bonds. The van der Waals surface area contributed by atoms with Crippen LogP contribution in [0.15, 0.2) is 147 Å². The lowest BCUT2D eigenvalue weighted by molar-refractivity contribution is -0.139. The van der Waals surface area contributed by atoms with Gasteiger partial charge in [0, 0.05) is 116 Å².